The predicted molar refractivity (Wildman–Crippen MR) is 71.7 cm³/mol. The number of aromatic hydroxyl groups is 1. The molecule has 0 spiro atoms. The third kappa shape index (κ3) is 6.27. The van der Waals surface area contributed by atoms with E-state index >= 15 is 0 Å². The zero-order chi connectivity index (χ0) is 14.8. The molecular weight excluding hydrogens is 268 g/mol. The molecule has 0 radical (unpaired) electrons. The lowest BCUT2D eigenvalue weighted by Gasteiger charge is -2.07. The molecule has 4 nitrogen and oxygen atoms in total. The van der Waals surface area contributed by atoms with Crippen LogP contribution >= 0.6 is 0 Å². The maximum Gasteiger partial charge on any atom is 0.187 e. The minimum absolute atomic E-state index is 0.360. The first-order chi connectivity index (χ1) is 9.65. The van der Waals surface area contributed by atoms with Gasteiger partial charge in [0.2, 0.25) is 0 Å². The Morgan fingerprint density at radius 2 is 1.80 bits per heavy atom. The fourth-order valence-corrected chi connectivity index (χ4v) is 1.65. The van der Waals surface area contributed by atoms with Gasteiger partial charge in [0, 0.05) is 20.3 Å². The number of phenols is 1. The van der Waals surface area contributed by atoms with Gasteiger partial charge in [-0.2, -0.15) is 0 Å². The first-order valence-electron chi connectivity index (χ1n) is 6.59. The Bertz CT molecular complexity index is 379. The van der Waals surface area contributed by atoms with E-state index < -0.39 is 17.4 Å². The van der Waals surface area contributed by atoms with Crippen molar-refractivity contribution in [3.8, 4) is 5.75 Å². The third-order valence-electron chi connectivity index (χ3n) is 2.73. The van der Waals surface area contributed by atoms with Gasteiger partial charge in [-0.05, 0) is 37.1 Å². The van der Waals surface area contributed by atoms with Crippen LogP contribution in [-0.4, -0.2) is 38.6 Å². The van der Waals surface area contributed by atoms with Crippen LogP contribution in [0.25, 0.3) is 0 Å². The Labute approximate surface area is 117 Å². The average Bonchev–Trinajstić information content (AvgIpc) is 2.43. The molecule has 0 atom stereocenters. The number of hydrogen-bond acceptors (Lipinski definition) is 4. The maximum absolute atomic E-state index is 13.1. The minimum atomic E-state index is -0.937. The molecule has 0 fully saturated rings. The molecule has 2 N–H and O–H groups in total. The highest BCUT2D eigenvalue weighted by atomic mass is 19.1. The second-order valence-electron chi connectivity index (χ2n) is 4.40. The van der Waals surface area contributed by atoms with Gasteiger partial charge < -0.3 is 19.9 Å². The molecule has 0 saturated heterocycles. The second kappa shape index (κ2) is 9.63. The lowest BCUT2D eigenvalue weighted by atomic mass is 10.2. The van der Waals surface area contributed by atoms with Gasteiger partial charge in [0.1, 0.15) is 0 Å². The number of hydrogen-bond donors (Lipinski definition) is 2. The number of ether oxygens (including phenoxy) is 2. The molecule has 0 unspecified atom stereocenters. The summed E-state index contributed by atoms with van der Waals surface area (Å²) in [6.45, 7) is 2.95. The van der Waals surface area contributed by atoms with E-state index in [0.717, 1.165) is 31.5 Å². The van der Waals surface area contributed by atoms with Crippen molar-refractivity contribution >= 4 is 0 Å². The van der Waals surface area contributed by atoms with Crippen LogP contribution in [0.3, 0.4) is 0 Å². The Balaban J connectivity index is 2.10. The lowest BCUT2D eigenvalue weighted by molar-refractivity contribution is 0.0688. The average molecular weight is 289 g/mol. The fourth-order valence-electron chi connectivity index (χ4n) is 1.65. The molecular formula is C14H21F2NO3. The van der Waals surface area contributed by atoms with E-state index in [1.807, 2.05) is 0 Å². The SMILES string of the molecule is COCCOCCCCNCc1cc(F)c(O)c(F)c1. The van der Waals surface area contributed by atoms with Crippen LogP contribution in [0.15, 0.2) is 12.1 Å². The molecule has 0 aromatic heterocycles. The number of halogens is 2. The molecule has 1 rings (SSSR count). The summed E-state index contributed by atoms with van der Waals surface area (Å²) in [5, 5.41) is 12.1. The second-order valence-corrected chi connectivity index (χ2v) is 4.40. The minimum Gasteiger partial charge on any atom is -0.503 e. The largest absolute Gasteiger partial charge is 0.503 e. The summed E-state index contributed by atoms with van der Waals surface area (Å²) in [6, 6.07) is 2.25. The maximum atomic E-state index is 13.1. The summed E-state index contributed by atoms with van der Waals surface area (Å²) < 4.78 is 36.3. The van der Waals surface area contributed by atoms with Gasteiger partial charge >= 0.3 is 0 Å². The molecule has 1 aromatic carbocycles. The van der Waals surface area contributed by atoms with Gasteiger partial charge in [-0.25, -0.2) is 8.78 Å². The topological polar surface area (TPSA) is 50.7 Å². The van der Waals surface area contributed by atoms with E-state index in [4.69, 9.17) is 14.6 Å². The highest BCUT2D eigenvalue weighted by Crippen LogP contribution is 2.21. The van der Waals surface area contributed by atoms with Crippen molar-refractivity contribution in [2.24, 2.45) is 0 Å². The van der Waals surface area contributed by atoms with Crippen LogP contribution in [0.4, 0.5) is 8.78 Å². The molecule has 0 aliphatic rings. The third-order valence-corrected chi connectivity index (χ3v) is 2.73. The number of rotatable bonds is 10. The summed E-state index contributed by atoms with van der Waals surface area (Å²) in [5.41, 5.74) is 0.467. The Morgan fingerprint density at radius 3 is 2.45 bits per heavy atom. The molecule has 0 heterocycles. The Kier molecular flexibility index (Phi) is 8.10. The van der Waals surface area contributed by atoms with Crippen molar-refractivity contribution < 1.29 is 23.4 Å². The van der Waals surface area contributed by atoms with Gasteiger partial charge in [0.05, 0.1) is 13.2 Å². The summed E-state index contributed by atoms with van der Waals surface area (Å²) >= 11 is 0. The van der Waals surface area contributed by atoms with Gasteiger partial charge in [0.15, 0.2) is 17.4 Å². The van der Waals surface area contributed by atoms with Crippen molar-refractivity contribution in [2.75, 3.05) is 33.5 Å². The van der Waals surface area contributed by atoms with Crippen LogP contribution in [-0.2, 0) is 16.0 Å². The van der Waals surface area contributed by atoms with E-state index in [-0.39, 0.29) is 0 Å². The highest BCUT2D eigenvalue weighted by molar-refractivity contribution is 5.29. The molecule has 1 aromatic rings. The number of unbranched alkanes of at least 4 members (excludes halogenated alkanes) is 1. The predicted octanol–water partition coefficient (Wildman–Crippen LogP) is 2.20. The van der Waals surface area contributed by atoms with Gasteiger partial charge in [-0.15, -0.1) is 0 Å². The first-order valence-corrected chi connectivity index (χ1v) is 6.59. The summed E-state index contributed by atoms with van der Waals surface area (Å²) in [5.74, 6) is -2.80. The van der Waals surface area contributed by atoms with Crippen LogP contribution in [0, 0.1) is 11.6 Å². The molecule has 0 aliphatic carbocycles. The Morgan fingerprint density at radius 1 is 1.10 bits per heavy atom. The number of nitrogens with one attached hydrogen (secondary N) is 1. The van der Waals surface area contributed by atoms with Gasteiger partial charge in [0.25, 0.3) is 0 Å². The molecule has 0 bridgehead atoms. The molecule has 20 heavy (non-hydrogen) atoms. The van der Waals surface area contributed by atoms with E-state index in [2.05, 4.69) is 5.32 Å². The van der Waals surface area contributed by atoms with Gasteiger partial charge in [-0.3, -0.25) is 0 Å². The summed E-state index contributed by atoms with van der Waals surface area (Å²) in [4.78, 5) is 0. The van der Waals surface area contributed by atoms with Crippen LogP contribution in [0.1, 0.15) is 18.4 Å². The molecule has 6 heteroatoms. The highest BCUT2D eigenvalue weighted by Gasteiger charge is 2.08. The fraction of sp³-hybridized carbons (Fsp3) is 0.571. The van der Waals surface area contributed by atoms with Crippen molar-refractivity contribution in [2.45, 2.75) is 19.4 Å². The van der Waals surface area contributed by atoms with E-state index in [0.29, 0.717) is 31.9 Å². The van der Waals surface area contributed by atoms with Crippen molar-refractivity contribution in [3.05, 3.63) is 29.3 Å². The Hall–Kier alpha value is -1.24. The van der Waals surface area contributed by atoms with Crippen molar-refractivity contribution in [1.82, 2.24) is 5.32 Å². The van der Waals surface area contributed by atoms with Crippen molar-refractivity contribution in [3.63, 3.8) is 0 Å². The van der Waals surface area contributed by atoms with Crippen molar-refractivity contribution in [1.29, 1.82) is 0 Å². The van der Waals surface area contributed by atoms with E-state index in [1.165, 1.54) is 0 Å². The summed E-state index contributed by atoms with van der Waals surface area (Å²) in [6.07, 6.45) is 1.82. The monoisotopic (exact) mass is 289 g/mol. The normalized spacial score (nSPS) is 10.9. The zero-order valence-electron chi connectivity index (χ0n) is 11.6. The van der Waals surface area contributed by atoms with Crippen LogP contribution in [0.2, 0.25) is 0 Å². The molecule has 0 amide bonds. The molecule has 0 saturated carbocycles. The smallest absolute Gasteiger partial charge is 0.187 e. The molecule has 114 valence electrons. The van der Waals surface area contributed by atoms with Gasteiger partial charge in [-0.1, -0.05) is 0 Å². The van der Waals surface area contributed by atoms with Crippen LogP contribution < -0.4 is 5.32 Å². The van der Waals surface area contributed by atoms with E-state index in [1.54, 1.807) is 7.11 Å². The zero-order valence-corrected chi connectivity index (χ0v) is 11.6. The number of phenolic OH excluding ortho intramolecular Hbond substituents is 1. The standard InChI is InChI=1S/C14H21F2NO3/c1-19-6-7-20-5-3-2-4-17-10-11-8-12(15)14(18)13(16)9-11/h8-9,17-18H,2-7,10H2,1H3. The first kappa shape index (κ1) is 16.8. The quantitative estimate of drug-likeness (QED) is 0.648. The van der Waals surface area contributed by atoms with Crippen LogP contribution in [0.5, 0.6) is 5.75 Å². The summed E-state index contributed by atoms with van der Waals surface area (Å²) in [7, 11) is 1.63. The van der Waals surface area contributed by atoms with E-state index in [9.17, 15) is 8.78 Å². The lowest BCUT2D eigenvalue weighted by Crippen LogP contribution is -2.15. The number of benzene rings is 1. The number of methoxy groups -OCH3 is 1. The molecule has 0 aliphatic heterocycles.